The fourth-order valence-corrected chi connectivity index (χ4v) is 2.41. The van der Waals surface area contributed by atoms with Crippen molar-refractivity contribution in [2.75, 3.05) is 13.1 Å². The highest BCUT2D eigenvalue weighted by molar-refractivity contribution is 5.14. The summed E-state index contributed by atoms with van der Waals surface area (Å²) in [6.07, 6.45) is 2.52. The van der Waals surface area contributed by atoms with Gasteiger partial charge in [0, 0.05) is 30.7 Å². The molecular weight excluding hydrogens is 200 g/mol. The van der Waals surface area contributed by atoms with Crippen LogP contribution in [0.1, 0.15) is 44.0 Å². The minimum Gasteiger partial charge on any atom is -0.325 e. The predicted octanol–water partition coefficient (Wildman–Crippen LogP) is 1.46. The molecule has 0 radical (unpaired) electrons. The van der Waals surface area contributed by atoms with E-state index in [-0.39, 0.29) is 0 Å². The monoisotopic (exact) mass is 222 g/mol. The Kier molecular flexibility index (Phi) is 3.61. The molecule has 90 valence electrons. The van der Waals surface area contributed by atoms with Crippen LogP contribution in [0.4, 0.5) is 0 Å². The molecule has 0 bridgehead atoms. The second-order valence-electron chi connectivity index (χ2n) is 4.95. The van der Waals surface area contributed by atoms with Gasteiger partial charge in [-0.1, -0.05) is 0 Å². The molecule has 0 aromatic carbocycles. The summed E-state index contributed by atoms with van der Waals surface area (Å²) in [7, 11) is 0. The topological polar surface area (TPSA) is 57.9 Å². The van der Waals surface area contributed by atoms with Gasteiger partial charge in [0.25, 0.3) is 0 Å². The maximum atomic E-state index is 5.59. The largest absolute Gasteiger partial charge is 0.325 e. The first-order valence-corrected chi connectivity index (χ1v) is 6.19. The SMILES string of the molecule is CC(C)N1CCCC(c2cc(CN)[nH]n2)C1. The third-order valence-corrected chi connectivity index (χ3v) is 3.47. The number of H-pyrrole nitrogens is 1. The van der Waals surface area contributed by atoms with Gasteiger partial charge in [-0.3, -0.25) is 5.10 Å². The summed E-state index contributed by atoms with van der Waals surface area (Å²) < 4.78 is 0. The summed E-state index contributed by atoms with van der Waals surface area (Å²) in [5.74, 6) is 0.577. The summed E-state index contributed by atoms with van der Waals surface area (Å²) in [5, 5.41) is 7.38. The van der Waals surface area contributed by atoms with Crippen LogP contribution in [0.25, 0.3) is 0 Å². The van der Waals surface area contributed by atoms with E-state index < -0.39 is 0 Å². The molecule has 3 N–H and O–H groups in total. The van der Waals surface area contributed by atoms with Gasteiger partial charge in [-0.15, -0.1) is 0 Å². The molecule has 1 aromatic heterocycles. The van der Waals surface area contributed by atoms with Crippen LogP contribution < -0.4 is 5.73 Å². The first-order valence-electron chi connectivity index (χ1n) is 6.19. The van der Waals surface area contributed by atoms with Gasteiger partial charge >= 0.3 is 0 Å². The Morgan fingerprint density at radius 3 is 3.06 bits per heavy atom. The van der Waals surface area contributed by atoms with Gasteiger partial charge in [0.15, 0.2) is 0 Å². The number of likely N-dealkylation sites (tertiary alicyclic amines) is 1. The fraction of sp³-hybridized carbons (Fsp3) is 0.750. The number of piperidine rings is 1. The third-order valence-electron chi connectivity index (χ3n) is 3.47. The Bertz CT molecular complexity index is 332. The number of aromatic nitrogens is 2. The number of hydrogen-bond acceptors (Lipinski definition) is 3. The minimum absolute atomic E-state index is 0.549. The van der Waals surface area contributed by atoms with Crippen molar-refractivity contribution in [2.24, 2.45) is 5.73 Å². The standard InChI is InChI=1S/C12H22N4/c1-9(2)16-5-3-4-10(8-16)12-6-11(7-13)14-15-12/h6,9-10H,3-5,7-8,13H2,1-2H3,(H,14,15). The van der Waals surface area contributed by atoms with Crippen LogP contribution in [0.3, 0.4) is 0 Å². The number of aromatic amines is 1. The molecule has 4 nitrogen and oxygen atoms in total. The molecule has 1 unspecified atom stereocenters. The first kappa shape index (κ1) is 11.6. The van der Waals surface area contributed by atoms with Crippen LogP contribution in [0.15, 0.2) is 6.07 Å². The molecule has 2 heterocycles. The van der Waals surface area contributed by atoms with E-state index in [1.807, 2.05) is 0 Å². The average molecular weight is 222 g/mol. The van der Waals surface area contributed by atoms with E-state index in [4.69, 9.17) is 5.73 Å². The zero-order valence-electron chi connectivity index (χ0n) is 10.2. The van der Waals surface area contributed by atoms with E-state index in [1.165, 1.54) is 25.1 Å². The number of rotatable bonds is 3. The minimum atomic E-state index is 0.549. The Morgan fingerprint density at radius 1 is 1.62 bits per heavy atom. The second-order valence-corrected chi connectivity index (χ2v) is 4.95. The summed E-state index contributed by atoms with van der Waals surface area (Å²) in [4.78, 5) is 2.53. The molecule has 0 aliphatic carbocycles. The maximum Gasteiger partial charge on any atom is 0.0669 e. The van der Waals surface area contributed by atoms with Crippen LogP contribution in [-0.2, 0) is 6.54 Å². The number of nitrogens with zero attached hydrogens (tertiary/aromatic N) is 2. The summed E-state index contributed by atoms with van der Waals surface area (Å²) >= 11 is 0. The molecule has 1 atom stereocenters. The molecule has 0 saturated carbocycles. The molecule has 16 heavy (non-hydrogen) atoms. The summed E-state index contributed by atoms with van der Waals surface area (Å²) in [6, 6.07) is 2.75. The van der Waals surface area contributed by atoms with Crippen molar-refractivity contribution in [1.82, 2.24) is 15.1 Å². The van der Waals surface area contributed by atoms with Crippen molar-refractivity contribution < 1.29 is 0 Å². The fourth-order valence-electron chi connectivity index (χ4n) is 2.41. The lowest BCUT2D eigenvalue weighted by Crippen LogP contribution is -2.39. The van der Waals surface area contributed by atoms with E-state index in [0.717, 1.165) is 12.2 Å². The van der Waals surface area contributed by atoms with Crippen molar-refractivity contribution >= 4 is 0 Å². The molecule has 0 amide bonds. The molecule has 1 aliphatic rings. The van der Waals surface area contributed by atoms with Crippen molar-refractivity contribution in [1.29, 1.82) is 0 Å². The number of nitrogens with two attached hydrogens (primary N) is 1. The van der Waals surface area contributed by atoms with Gasteiger partial charge < -0.3 is 10.6 Å². The van der Waals surface area contributed by atoms with E-state index in [2.05, 4.69) is 35.0 Å². The number of nitrogens with one attached hydrogen (secondary N) is 1. The van der Waals surface area contributed by atoms with E-state index in [1.54, 1.807) is 0 Å². The van der Waals surface area contributed by atoms with E-state index in [0.29, 0.717) is 18.5 Å². The van der Waals surface area contributed by atoms with Crippen LogP contribution in [0, 0.1) is 0 Å². The highest BCUT2D eigenvalue weighted by Gasteiger charge is 2.24. The lowest BCUT2D eigenvalue weighted by atomic mass is 9.94. The zero-order valence-corrected chi connectivity index (χ0v) is 10.2. The van der Waals surface area contributed by atoms with Gasteiger partial charge in [-0.25, -0.2) is 0 Å². The molecule has 1 fully saturated rings. The van der Waals surface area contributed by atoms with Crippen molar-refractivity contribution in [2.45, 2.75) is 45.2 Å². The second kappa shape index (κ2) is 4.97. The molecule has 0 spiro atoms. The molecular formula is C12H22N4. The molecule has 1 aromatic rings. The number of hydrogen-bond donors (Lipinski definition) is 2. The average Bonchev–Trinajstić information content (AvgIpc) is 2.77. The van der Waals surface area contributed by atoms with Crippen molar-refractivity contribution in [3.63, 3.8) is 0 Å². The predicted molar refractivity (Wildman–Crippen MR) is 65.2 cm³/mol. The van der Waals surface area contributed by atoms with Crippen LogP contribution in [0.5, 0.6) is 0 Å². The van der Waals surface area contributed by atoms with E-state index in [9.17, 15) is 0 Å². The van der Waals surface area contributed by atoms with Crippen molar-refractivity contribution in [3.05, 3.63) is 17.5 Å². The van der Waals surface area contributed by atoms with Gasteiger partial charge in [-0.05, 0) is 39.3 Å². The zero-order chi connectivity index (χ0) is 11.5. The summed E-state index contributed by atoms with van der Waals surface area (Å²) in [6.45, 7) is 7.43. The van der Waals surface area contributed by atoms with Crippen LogP contribution in [0.2, 0.25) is 0 Å². The van der Waals surface area contributed by atoms with Gasteiger partial charge in [0.2, 0.25) is 0 Å². The summed E-state index contributed by atoms with van der Waals surface area (Å²) in [5.41, 5.74) is 7.81. The Labute approximate surface area is 97.2 Å². The lowest BCUT2D eigenvalue weighted by molar-refractivity contribution is 0.166. The molecule has 4 heteroatoms. The van der Waals surface area contributed by atoms with Gasteiger partial charge in [0.1, 0.15) is 0 Å². The molecule has 2 rings (SSSR count). The Balaban J connectivity index is 2.03. The highest BCUT2D eigenvalue weighted by Crippen LogP contribution is 2.26. The molecule has 1 saturated heterocycles. The maximum absolute atomic E-state index is 5.59. The van der Waals surface area contributed by atoms with Gasteiger partial charge in [-0.2, -0.15) is 5.10 Å². The lowest BCUT2D eigenvalue weighted by Gasteiger charge is -2.34. The van der Waals surface area contributed by atoms with Crippen LogP contribution in [-0.4, -0.2) is 34.2 Å². The smallest absolute Gasteiger partial charge is 0.0669 e. The highest BCUT2D eigenvalue weighted by atomic mass is 15.2. The Hall–Kier alpha value is -0.870. The van der Waals surface area contributed by atoms with Gasteiger partial charge in [0.05, 0.1) is 5.69 Å². The normalized spacial score (nSPS) is 22.9. The quantitative estimate of drug-likeness (QED) is 0.814. The third kappa shape index (κ3) is 2.44. The first-order chi connectivity index (χ1) is 7.70. The van der Waals surface area contributed by atoms with Crippen molar-refractivity contribution in [3.8, 4) is 0 Å². The van der Waals surface area contributed by atoms with Crippen LogP contribution >= 0.6 is 0 Å². The molecule has 1 aliphatic heterocycles. The van der Waals surface area contributed by atoms with E-state index >= 15 is 0 Å². The Morgan fingerprint density at radius 2 is 2.44 bits per heavy atom.